The highest BCUT2D eigenvalue weighted by Crippen LogP contribution is 2.29. The Morgan fingerprint density at radius 3 is 2.44 bits per heavy atom. The number of carbonyl (C=O) groups is 1. The summed E-state index contributed by atoms with van der Waals surface area (Å²) >= 11 is 0. The van der Waals surface area contributed by atoms with Gasteiger partial charge in [-0.2, -0.15) is 13.2 Å². The minimum absolute atomic E-state index is 0.0198. The van der Waals surface area contributed by atoms with Crippen molar-refractivity contribution in [2.24, 2.45) is 5.92 Å². The molecule has 2 aliphatic heterocycles. The summed E-state index contributed by atoms with van der Waals surface area (Å²) in [6, 6.07) is 15.7. The summed E-state index contributed by atoms with van der Waals surface area (Å²) in [6.07, 6.45) is 2.15. The maximum Gasteiger partial charge on any atom is 0.416 e. The zero-order valence-corrected chi connectivity index (χ0v) is 20.5. The third-order valence-electron chi connectivity index (χ3n) is 6.97. The predicted octanol–water partition coefficient (Wildman–Crippen LogP) is 5.19. The van der Waals surface area contributed by atoms with E-state index in [2.05, 4.69) is 40.7 Å². The van der Waals surface area contributed by atoms with Crippen molar-refractivity contribution >= 4 is 5.91 Å². The first-order valence-corrected chi connectivity index (χ1v) is 12.6. The van der Waals surface area contributed by atoms with E-state index in [1.165, 1.54) is 24.5 Å². The number of nitrogens with one attached hydrogen (secondary N) is 1. The first kappa shape index (κ1) is 26.2. The van der Waals surface area contributed by atoms with E-state index >= 15 is 0 Å². The van der Waals surface area contributed by atoms with Gasteiger partial charge >= 0.3 is 6.18 Å². The van der Waals surface area contributed by atoms with Crippen molar-refractivity contribution in [3.63, 3.8) is 0 Å². The van der Waals surface area contributed by atoms with Crippen LogP contribution in [0.3, 0.4) is 0 Å². The molecular weight excluding hydrogens is 467 g/mol. The van der Waals surface area contributed by atoms with Crippen molar-refractivity contribution in [3.8, 4) is 0 Å². The maximum atomic E-state index is 12.8. The molecule has 1 amide bonds. The number of hydroxylamine groups is 1. The average molecular weight is 502 g/mol. The number of hydrogen-bond acceptors (Lipinski definition) is 4. The molecule has 2 aromatic carbocycles. The zero-order chi connectivity index (χ0) is 25.4. The fraction of sp³-hybridized carbons (Fsp3) is 0.464. The molecule has 1 fully saturated rings. The third kappa shape index (κ3) is 7.83. The average Bonchev–Trinajstić information content (AvgIpc) is 2.89. The standard InChI is InChI=1S/C28H34F3N3O2/c29-28(30,31)25-8-4-7-24(20-25)21-36-32-26-11-17-34(18-12-26)27(35)13-16-33-14-9-23(10-15-33)19-22-5-2-1-3-6-22/h1-8,11,20,23,32H,9-10,12-19,21H2. The van der Waals surface area contributed by atoms with Crippen LogP contribution >= 0.6 is 0 Å². The Labute approximate surface area is 210 Å². The Hall–Kier alpha value is -2.84. The van der Waals surface area contributed by atoms with Gasteiger partial charge < -0.3 is 9.80 Å². The molecule has 2 aromatic rings. The molecule has 5 nitrogen and oxygen atoms in total. The van der Waals surface area contributed by atoms with Gasteiger partial charge in [0.05, 0.1) is 12.2 Å². The molecule has 194 valence electrons. The topological polar surface area (TPSA) is 44.8 Å². The second-order valence-electron chi connectivity index (χ2n) is 9.63. The van der Waals surface area contributed by atoms with E-state index in [1.54, 1.807) is 6.07 Å². The quantitative estimate of drug-likeness (QED) is 0.481. The largest absolute Gasteiger partial charge is 0.416 e. The smallest absolute Gasteiger partial charge is 0.338 e. The zero-order valence-electron chi connectivity index (χ0n) is 20.5. The van der Waals surface area contributed by atoms with E-state index in [1.807, 2.05) is 11.0 Å². The lowest BCUT2D eigenvalue weighted by Crippen LogP contribution is -2.40. The Balaban J connectivity index is 1.12. The molecule has 0 bridgehead atoms. The van der Waals surface area contributed by atoms with Crippen LogP contribution in [0.15, 0.2) is 66.4 Å². The Bertz CT molecular complexity index is 1020. The van der Waals surface area contributed by atoms with Crippen LogP contribution in [0, 0.1) is 5.92 Å². The molecule has 2 aliphatic rings. The molecule has 36 heavy (non-hydrogen) atoms. The predicted molar refractivity (Wildman–Crippen MR) is 133 cm³/mol. The number of likely N-dealkylation sites (tertiary alicyclic amines) is 1. The Morgan fingerprint density at radius 2 is 1.75 bits per heavy atom. The van der Waals surface area contributed by atoms with Crippen LogP contribution in [-0.2, 0) is 28.8 Å². The number of halogens is 3. The first-order valence-electron chi connectivity index (χ1n) is 12.6. The minimum atomic E-state index is -4.37. The number of nitrogens with zero attached hydrogens (tertiary/aromatic N) is 2. The summed E-state index contributed by atoms with van der Waals surface area (Å²) in [4.78, 5) is 22.3. The van der Waals surface area contributed by atoms with Crippen LogP contribution in [-0.4, -0.2) is 48.4 Å². The van der Waals surface area contributed by atoms with Gasteiger partial charge in [0.2, 0.25) is 5.91 Å². The number of rotatable bonds is 9. The molecule has 0 spiro atoms. The van der Waals surface area contributed by atoms with Crippen molar-refractivity contribution < 1.29 is 22.8 Å². The summed E-state index contributed by atoms with van der Waals surface area (Å²) in [5, 5.41) is 0. The van der Waals surface area contributed by atoms with Crippen LogP contribution in [0.2, 0.25) is 0 Å². The van der Waals surface area contributed by atoms with E-state index in [9.17, 15) is 18.0 Å². The number of amides is 1. The molecule has 1 saturated heterocycles. The summed E-state index contributed by atoms with van der Waals surface area (Å²) in [5.74, 6) is 0.870. The van der Waals surface area contributed by atoms with Crippen molar-refractivity contribution in [2.45, 2.75) is 44.9 Å². The van der Waals surface area contributed by atoms with Gasteiger partial charge in [-0.05, 0) is 67.6 Å². The van der Waals surface area contributed by atoms with Crippen molar-refractivity contribution in [1.29, 1.82) is 0 Å². The number of carbonyl (C=O) groups excluding carboxylic acids is 1. The highest BCUT2D eigenvalue weighted by atomic mass is 19.4. The highest BCUT2D eigenvalue weighted by Gasteiger charge is 2.30. The molecule has 0 saturated carbocycles. The lowest BCUT2D eigenvalue weighted by Gasteiger charge is -2.33. The van der Waals surface area contributed by atoms with E-state index in [0.29, 0.717) is 37.4 Å². The van der Waals surface area contributed by atoms with Crippen LogP contribution in [0.1, 0.15) is 42.4 Å². The number of piperidine rings is 1. The monoisotopic (exact) mass is 501 g/mol. The molecule has 1 N–H and O–H groups in total. The second-order valence-corrected chi connectivity index (χ2v) is 9.63. The molecule has 4 rings (SSSR count). The third-order valence-corrected chi connectivity index (χ3v) is 6.97. The van der Waals surface area contributed by atoms with Gasteiger partial charge in [0.25, 0.3) is 0 Å². The summed E-state index contributed by atoms with van der Waals surface area (Å²) in [6.45, 7) is 4.01. The van der Waals surface area contributed by atoms with Gasteiger partial charge in [0.1, 0.15) is 0 Å². The van der Waals surface area contributed by atoms with Gasteiger partial charge in [-0.3, -0.25) is 15.1 Å². The Morgan fingerprint density at radius 1 is 1.00 bits per heavy atom. The second kappa shape index (κ2) is 12.4. The van der Waals surface area contributed by atoms with Crippen molar-refractivity contribution in [2.75, 3.05) is 32.7 Å². The minimum Gasteiger partial charge on any atom is -0.338 e. The van der Waals surface area contributed by atoms with Gasteiger partial charge in [-0.1, -0.05) is 42.5 Å². The SMILES string of the molecule is O=C(CCN1CCC(Cc2ccccc2)CC1)N1CC=C(NOCc2cccc(C(F)(F)F)c2)CC1. The molecule has 0 aliphatic carbocycles. The maximum absolute atomic E-state index is 12.8. The summed E-state index contributed by atoms with van der Waals surface area (Å²) in [7, 11) is 0. The van der Waals surface area contributed by atoms with Crippen molar-refractivity contribution in [1.82, 2.24) is 15.3 Å². The normalized spacial score (nSPS) is 17.6. The van der Waals surface area contributed by atoms with E-state index in [4.69, 9.17) is 4.84 Å². The summed E-state index contributed by atoms with van der Waals surface area (Å²) in [5.41, 5.74) is 4.82. The Kier molecular flexibility index (Phi) is 9.04. The van der Waals surface area contributed by atoms with Crippen LogP contribution in [0.5, 0.6) is 0 Å². The highest BCUT2D eigenvalue weighted by molar-refractivity contribution is 5.76. The number of alkyl halides is 3. The molecule has 0 atom stereocenters. The fourth-order valence-electron chi connectivity index (χ4n) is 4.81. The molecule has 0 radical (unpaired) electrons. The fourth-order valence-corrected chi connectivity index (χ4v) is 4.81. The van der Waals surface area contributed by atoms with E-state index in [0.717, 1.165) is 43.9 Å². The van der Waals surface area contributed by atoms with Crippen LogP contribution in [0.4, 0.5) is 13.2 Å². The van der Waals surface area contributed by atoms with Gasteiger partial charge in [0.15, 0.2) is 0 Å². The summed E-state index contributed by atoms with van der Waals surface area (Å²) < 4.78 is 38.5. The van der Waals surface area contributed by atoms with E-state index < -0.39 is 11.7 Å². The van der Waals surface area contributed by atoms with Gasteiger partial charge in [-0.25, -0.2) is 0 Å². The number of benzene rings is 2. The lowest BCUT2D eigenvalue weighted by atomic mass is 9.90. The molecule has 8 heteroatoms. The molecule has 0 aromatic heterocycles. The van der Waals surface area contributed by atoms with Crippen LogP contribution < -0.4 is 5.48 Å². The van der Waals surface area contributed by atoms with Gasteiger partial charge in [-0.15, -0.1) is 0 Å². The van der Waals surface area contributed by atoms with Crippen molar-refractivity contribution in [3.05, 3.63) is 83.1 Å². The molecular formula is C28H34F3N3O2. The first-order chi connectivity index (χ1) is 17.4. The number of hydrogen-bond donors (Lipinski definition) is 1. The van der Waals surface area contributed by atoms with Crippen LogP contribution in [0.25, 0.3) is 0 Å². The lowest BCUT2D eigenvalue weighted by molar-refractivity contribution is -0.137. The molecule has 0 unspecified atom stereocenters. The van der Waals surface area contributed by atoms with Gasteiger partial charge in [0, 0.05) is 38.2 Å². The van der Waals surface area contributed by atoms with E-state index in [-0.39, 0.29) is 12.5 Å². The molecule has 2 heterocycles.